The lowest BCUT2D eigenvalue weighted by Gasteiger charge is -2.26. The Morgan fingerprint density at radius 2 is 2.12 bits per heavy atom. The molecule has 0 saturated carbocycles. The molecule has 1 heterocycles. The van der Waals surface area contributed by atoms with E-state index in [0.717, 1.165) is 12.1 Å². The van der Waals surface area contributed by atoms with E-state index in [1.807, 2.05) is 18.5 Å². The molecule has 1 N–H and O–H groups in total. The second-order valence-electron chi connectivity index (χ2n) is 5.31. The van der Waals surface area contributed by atoms with Gasteiger partial charge in [0, 0.05) is 13.1 Å². The minimum Gasteiger partial charge on any atom is -0.477 e. The largest absolute Gasteiger partial charge is 0.477 e. The molecule has 4 heteroatoms. The van der Waals surface area contributed by atoms with Gasteiger partial charge in [0.05, 0.1) is 0 Å². The van der Waals surface area contributed by atoms with Gasteiger partial charge in [-0.25, -0.2) is 4.79 Å². The van der Waals surface area contributed by atoms with E-state index < -0.39 is 5.97 Å². The summed E-state index contributed by atoms with van der Waals surface area (Å²) in [5, 5.41) is 10.8. The highest BCUT2D eigenvalue weighted by Gasteiger charge is 2.17. The molecule has 0 amide bonds. The molecule has 0 bridgehead atoms. The van der Waals surface area contributed by atoms with E-state index in [2.05, 4.69) is 25.7 Å². The third-order valence-corrected chi connectivity index (χ3v) is 3.07. The molecule has 0 spiro atoms. The lowest BCUT2D eigenvalue weighted by molar-refractivity contribution is 0.0700. The maximum atomic E-state index is 10.9. The summed E-state index contributed by atoms with van der Waals surface area (Å²) in [6, 6.07) is 1.90. The topological polar surface area (TPSA) is 40.5 Å². The van der Waals surface area contributed by atoms with E-state index in [1.54, 1.807) is 0 Å². The summed E-state index contributed by atoms with van der Waals surface area (Å²) < 4.78 is 0. The number of carbonyl (C=O) groups is 1. The smallest absolute Gasteiger partial charge is 0.346 e. The second kappa shape index (κ2) is 4.97. The number of carboxylic acid groups (broad SMARTS) is 1. The Kier molecular flexibility index (Phi) is 4.10. The Morgan fingerprint density at radius 1 is 1.50 bits per heavy atom. The van der Waals surface area contributed by atoms with Crippen LogP contribution >= 0.6 is 11.3 Å². The third-order valence-electron chi connectivity index (χ3n) is 2.13. The van der Waals surface area contributed by atoms with Crippen LogP contribution < -0.4 is 0 Å². The molecule has 3 nitrogen and oxygen atoms in total. The summed E-state index contributed by atoms with van der Waals surface area (Å²) >= 11 is 1.29. The molecule has 0 unspecified atom stereocenters. The van der Waals surface area contributed by atoms with Crippen molar-refractivity contribution in [3.63, 3.8) is 0 Å². The van der Waals surface area contributed by atoms with Crippen molar-refractivity contribution in [3.05, 3.63) is 21.9 Å². The van der Waals surface area contributed by atoms with Crippen molar-refractivity contribution in [3.8, 4) is 0 Å². The maximum Gasteiger partial charge on any atom is 0.346 e. The van der Waals surface area contributed by atoms with Gasteiger partial charge in [0.1, 0.15) is 4.88 Å². The first-order chi connectivity index (χ1) is 7.29. The number of aromatic carboxylic acids is 1. The molecular weight excluding hydrogens is 222 g/mol. The molecule has 0 fully saturated rings. The van der Waals surface area contributed by atoms with Gasteiger partial charge in [-0.15, -0.1) is 11.3 Å². The molecule has 0 aliphatic rings. The van der Waals surface area contributed by atoms with Gasteiger partial charge >= 0.3 is 5.97 Å². The zero-order valence-corrected chi connectivity index (χ0v) is 11.1. The molecule has 0 aromatic carbocycles. The van der Waals surface area contributed by atoms with Gasteiger partial charge < -0.3 is 10.0 Å². The van der Waals surface area contributed by atoms with E-state index in [9.17, 15) is 4.79 Å². The highest BCUT2D eigenvalue weighted by molar-refractivity contribution is 7.12. The Hall–Kier alpha value is -0.870. The monoisotopic (exact) mass is 241 g/mol. The van der Waals surface area contributed by atoms with Crippen molar-refractivity contribution in [1.82, 2.24) is 4.90 Å². The quantitative estimate of drug-likeness (QED) is 0.881. The van der Waals surface area contributed by atoms with Crippen molar-refractivity contribution in [2.24, 2.45) is 5.41 Å². The number of nitrogens with zero attached hydrogens (tertiary/aromatic N) is 1. The van der Waals surface area contributed by atoms with E-state index in [4.69, 9.17) is 5.11 Å². The van der Waals surface area contributed by atoms with Crippen LogP contribution in [0.5, 0.6) is 0 Å². The average molecular weight is 241 g/mol. The van der Waals surface area contributed by atoms with Crippen LogP contribution in [0.1, 0.15) is 36.0 Å². The van der Waals surface area contributed by atoms with E-state index in [-0.39, 0.29) is 5.41 Å². The first kappa shape index (κ1) is 13.2. The van der Waals surface area contributed by atoms with Crippen LogP contribution in [0, 0.1) is 5.41 Å². The Labute approximate surface area is 101 Å². The van der Waals surface area contributed by atoms with Crippen molar-refractivity contribution in [2.75, 3.05) is 13.6 Å². The van der Waals surface area contributed by atoms with Crippen LogP contribution in [0.2, 0.25) is 0 Å². The highest BCUT2D eigenvalue weighted by Crippen LogP contribution is 2.20. The number of rotatable bonds is 4. The molecule has 0 aliphatic heterocycles. The average Bonchev–Trinajstić information content (AvgIpc) is 2.47. The Bertz CT molecular complexity index is 365. The van der Waals surface area contributed by atoms with Crippen molar-refractivity contribution < 1.29 is 9.90 Å². The first-order valence-corrected chi connectivity index (χ1v) is 6.16. The summed E-state index contributed by atoms with van der Waals surface area (Å²) in [5.41, 5.74) is 1.14. The molecule has 0 aliphatic carbocycles. The zero-order chi connectivity index (χ0) is 12.3. The molecule has 0 radical (unpaired) electrons. The maximum absolute atomic E-state index is 10.9. The predicted octanol–water partition coefficient (Wildman–Crippen LogP) is 2.92. The Morgan fingerprint density at radius 3 is 2.62 bits per heavy atom. The van der Waals surface area contributed by atoms with Gasteiger partial charge in [0.2, 0.25) is 0 Å². The fraction of sp³-hybridized carbons (Fsp3) is 0.583. The van der Waals surface area contributed by atoms with Crippen molar-refractivity contribution >= 4 is 17.3 Å². The van der Waals surface area contributed by atoms with Crippen molar-refractivity contribution in [2.45, 2.75) is 27.3 Å². The summed E-state index contributed by atoms with van der Waals surface area (Å²) in [7, 11) is 2.02. The number of thiophene rings is 1. The third kappa shape index (κ3) is 3.94. The highest BCUT2D eigenvalue weighted by atomic mass is 32.1. The number of hydrogen-bond acceptors (Lipinski definition) is 3. The van der Waals surface area contributed by atoms with Gasteiger partial charge in [-0.3, -0.25) is 0 Å². The SMILES string of the molecule is CN(Cc1ccsc1C(=O)O)CC(C)(C)C. The predicted molar refractivity (Wildman–Crippen MR) is 67.1 cm³/mol. The van der Waals surface area contributed by atoms with E-state index in [0.29, 0.717) is 11.4 Å². The standard InChI is InChI=1S/C12H19NO2S/c1-12(2,3)8-13(4)7-9-5-6-16-10(9)11(14)15/h5-6H,7-8H2,1-4H3,(H,14,15). The summed E-state index contributed by atoms with van der Waals surface area (Å²) in [5.74, 6) is -0.825. The molecule has 1 rings (SSSR count). The summed E-state index contributed by atoms with van der Waals surface area (Å²) in [6.07, 6.45) is 0. The van der Waals surface area contributed by atoms with Gasteiger partial charge in [-0.1, -0.05) is 20.8 Å². The molecule has 0 saturated heterocycles. The van der Waals surface area contributed by atoms with Gasteiger partial charge in [-0.2, -0.15) is 0 Å². The van der Waals surface area contributed by atoms with Crippen molar-refractivity contribution in [1.29, 1.82) is 0 Å². The molecule has 90 valence electrons. The minimum absolute atomic E-state index is 0.230. The van der Waals surface area contributed by atoms with Crippen LogP contribution in [-0.4, -0.2) is 29.6 Å². The van der Waals surface area contributed by atoms with E-state index >= 15 is 0 Å². The van der Waals surface area contributed by atoms with Crippen LogP contribution in [-0.2, 0) is 6.54 Å². The van der Waals surface area contributed by atoms with Crippen LogP contribution in [0.3, 0.4) is 0 Å². The fourth-order valence-electron chi connectivity index (χ4n) is 1.80. The van der Waals surface area contributed by atoms with Crippen LogP contribution in [0.25, 0.3) is 0 Å². The van der Waals surface area contributed by atoms with E-state index in [1.165, 1.54) is 11.3 Å². The molecule has 0 atom stereocenters. The zero-order valence-electron chi connectivity index (χ0n) is 10.3. The number of hydrogen-bond donors (Lipinski definition) is 1. The molecule has 1 aromatic heterocycles. The van der Waals surface area contributed by atoms with Gasteiger partial charge in [0.15, 0.2) is 0 Å². The fourth-order valence-corrected chi connectivity index (χ4v) is 2.56. The molecule has 16 heavy (non-hydrogen) atoms. The second-order valence-corrected chi connectivity index (χ2v) is 6.23. The van der Waals surface area contributed by atoms with Crippen LogP contribution in [0.15, 0.2) is 11.4 Å². The lowest BCUT2D eigenvalue weighted by Crippen LogP contribution is -2.29. The lowest BCUT2D eigenvalue weighted by atomic mass is 9.96. The summed E-state index contributed by atoms with van der Waals surface area (Å²) in [6.45, 7) is 8.17. The number of carboxylic acids is 1. The normalized spacial score (nSPS) is 12.1. The van der Waals surface area contributed by atoms with Gasteiger partial charge in [0.25, 0.3) is 0 Å². The Balaban J connectivity index is 2.66. The first-order valence-electron chi connectivity index (χ1n) is 5.28. The molecular formula is C12H19NO2S. The molecule has 1 aromatic rings. The minimum atomic E-state index is -0.825. The van der Waals surface area contributed by atoms with Gasteiger partial charge in [-0.05, 0) is 29.5 Å². The van der Waals surface area contributed by atoms with Crippen LogP contribution in [0.4, 0.5) is 0 Å². The summed E-state index contributed by atoms with van der Waals surface area (Å²) in [4.78, 5) is 13.6.